The summed E-state index contributed by atoms with van der Waals surface area (Å²) in [6.07, 6.45) is 0. The van der Waals surface area contributed by atoms with E-state index in [1.54, 1.807) is 0 Å². The molecule has 0 atom stereocenters. The fourth-order valence-corrected chi connectivity index (χ4v) is 1.54. The van der Waals surface area contributed by atoms with E-state index >= 15 is 0 Å². The van der Waals surface area contributed by atoms with Crippen molar-refractivity contribution in [3.63, 3.8) is 0 Å². The van der Waals surface area contributed by atoms with Gasteiger partial charge in [-0.25, -0.2) is 4.79 Å². The first-order valence-corrected chi connectivity index (χ1v) is 5.01. The maximum Gasteiger partial charge on any atom is 0.337 e. The van der Waals surface area contributed by atoms with Crippen molar-refractivity contribution in [2.45, 2.75) is 13.8 Å². The van der Waals surface area contributed by atoms with Crippen molar-refractivity contribution < 1.29 is 19.2 Å². The molecule has 1 rings (SSSR count). The zero-order chi connectivity index (χ0) is 13.9. The third-order valence-corrected chi connectivity index (χ3v) is 2.21. The predicted octanol–water partition coefficient (Wildman–Crippen LogP) is 1.65. The van der Waals surface area contributed by atoms with Gasteiger partial charge in [-0.2, -0.15) is 0 Å². The van der Waals surface area contributed by atoms with E-state index in [-0.39, 0.29) is 22.5 Å². The third-order valence-electron chi connectivity index (χ3n) is 2.21. The van der Waals surface area contributed by atoms with Crippen LogP contribution in [0, 0.1) is 17.0 Å². The zero-order valence-electron chi connectivity index (χ0n) is 10.1. The van der Waals surface area contributed by atoms with Crippen molar-refractivity contribution in [2.75, 3.05) is 12.4 Å². The van der Waals surface area contributed by atoms with Gasteiger partial charge >= 0.3 is 5.97 Å². The number of ether oxygens (including phenoxy) is 1. The molecule has 0 heterocycles. The van der Waals surface area contributed by atoms with Crippen LogP contribution in [0.5, 0.6) is 0 Å². The first kappa shape index (κ1) is 13.6. The Bertz CT molecular complexity index is 524. The summed E-state index contributed by atoms with van der Waals surface area (Å²) in [6, 6.07) is 2.56. The van der Waals surface area contributed by atoms with Gasteiger partial charge in [0.05, 0.1) is 17.6 Å². The average Bonchev–Trinajstić information content (AvgIpc) is 2.25. The quantitative estimate of drug-likeness (QED) is 0.501. The topological polar surface area (TPSA) is 98.5 Å². The number of benzene rings is 1. The first-order chi connectivity index (χ1) is 8.36. The highest BCUT2D eigenvalue weighted by atomic mass is 16.6. The molecule has 0 bridgehead atoms. The highest BCUT2D eigenvalue weighted by Gasteiger charge is 2.21. The number of carbonyl (C=O) groups is 2. The van der Waals surface area contributed by atoms with Crippen LogP contribution in [0.1, 0.15) is 22.8 Å². The molecule has 1 amide bonds. The van der Waals surface area contributed by atoms with Crippen molar-refractivity contribution in [3.8, 4) is 0 Å². The highest BCUT2D eigenvalue weighted by Crippen LogP contribution is 2.30. The number of nitro groups is 1. The summed E-state index contributed by atoms with van der Waals surface area (Å²) < 4.78 is 4.53. The minimum atomic E-state index is -0.625. The van der Waals surface area contributed by atoms with Gasteiger partial charge in [0.25, 0.3) is 5.69 Å². The van der Waals surface area contributed by atoms with E-state index in [1.807, 2.05) is 0 Å². The van der Waals surface area contributed by atoms with E-state index in [0.717, 1.165) is 0 Å². The summed E-state index contributed by atoms with van der Waals surface area (Å²) in [4.78, 5) is 32.7. The number of hydrogen-bond acceptors (Lipinski definition) is 5. The van der Waals surface area contributed by atoms with Crippen LogP contribution in [0.2, 0.25) is 0 Å². The molecule has 1 N–H and O–H groups in total. The smallest absolute Gasteiger partial charge is 0.337 e. The number of nitrogens with one attached hydrogen (secondary N) is 1. The maximum absolute atomic E-state index is 11.4. The lowest BCUT2D eigenvalue weighted by Gasteiger charge is -2.08. The van der Waals surface area contributed by atoms with Crippen LogP contribution < -0.4 is 5.32 Å². The standard InChI is InChI=1S/C11H12N2O5/c1-6-4-8(11(15)18-3)5-9(12-7(2)14)10(6)13(16)17/h4-5H,1-3H3,(H,12,14). The number of nitrogens with zero attached hydrogens (tertiary/aromatic N) is 1. The summed E-state index contributed by atoms with van der Waals surface area (Å²) >= 11 is 0. The molecule has 0 saturated carbocycles. The van der Waals surface area contributed by atoms with Crippen LogP contribution in [-0.4, -0.2) is 23.9 Å². The second-order valence-corrected chi connectivity index (χ2v) is 3.62. The minimum absolute atomic E-state index is 0.0205. The Kier molecular flexibility index (Phi) is 3.98. The number of nitro benzene ring substituents is 1. The zero-order valence-corrected chi connectivity index (χ0v) is 10.1. The predicted molar refractivity (Wildman–Crippen MR) is 63.5 cm³/mol. The van der Waals surface area contributed by atoms with E-state index in [0.29, 0.717) is 0 Å². The summed E-state index contributed by atoms with van der Waals surface area (Å²) in [5, 5.41) is 13.2. The Balaban J connectivity index is 3.41. The molecule has 0 spiro atoms. The minimum Gasteiger partial charge on any atom is -0.465 e. The van der Waals surface area contributed by atoms with Crippen molar-refractivity contribution in [1.82, 2.24) is 0 Å². The number of anilines is 1. The van der Waals surface area contributed by atoms with Gasteiger partial charge in [0.2, 0.25) is 5.91 Å². The SMILES string of the molecule is COC(=O)c1cc(C)c([N+](=O)[O-])c(NC(C)=O)c1. The van der Waals surface area contributed by atoms with Crippen LogP contribution in [-0.2, 0) is 9.53 Å². The third kappa shape index (κ3) is 2.82. The molecule has 0 aliphatic carbocycles. The molecule has 0 aromatic heterocycles. The summed E-state index contributed by atoms with van der Waals surface area (Å²) in [6.45, 7) is 2.71. The van der Waals surface area contributed by atoms with Gasteiger partial charge in [-0.3, -0.25) is 14.9 Å². The van der Waals surface area contributed by atoms with Crippen molar-refractivity contribution in [3.05, 3.63) is 33.4 Å². The molecule has 0 radical (unpaired) electrons. The molecule has 7 heteroatoms. The molecule has 96 valence electrons. The molecule has 0 saturated heterocycles. The lowest BCUT2D eigenvalue weighted by molar-refractivity contribution is -0.384. The summed E-state index contributed by atoms with van der Waals surface area (Å²) in [5.41, 5.74) is 0.154. The number of rotatable bonds is 3. The number of amides is 1. The first-order valence-electron chi connectivity index (χ1n) is 5.01. The van der Waals surface area contributed by atoms with Crippen LogP contribution in [0.15, 0.2) is 12.1 Å². The number of carbonyl (C=O) groups excluding carboxylic acids is 2. The summed E-state index contributed by atoms with van der Waals surface area (Å²) in [5.74, 6) is -1.08. The highest BCUT2D eigenvalue weighted by molar-refractivity contribution is 5.96. The number of methoxy groups -OCH3 is 1. The maximum atomic E-state index is 11.4. The molecule has 0 aliphatic rings. The molecule has 0 unspecified atom stereocenters. The number of aryl methyl sites for hydroxylation is 1. The molecular weight excluding hydrogens is 240 g/mol. The Morgan fingerprint density at radius 1 is 1.39 bits per heavy atom. The van der Waals surface area contributed by atoms with E-state index in [4.69, 9.17) is 0 Å². The van der Waals surface area contributed by atoms with E-state index in [9.17, 15) is 19.7 Å². The van der Waals surface area contributed by atoms with E-state index in [1.165, 1.54) is 33.1 Å². The fraction of sp³-hybridized carbons (Fsp3) is 0.273. The van der Waals surface area contributed by atoms with E-state index in [2.05, 4.69) is 10.1 Å². The van der Waals surface area contributed by atoms with Gasteiger partial charge in [-0.05, 0) is 19.1 Å². The largest absolute Gasteiger partial charge is 0.465 e. The lowest BCUT2D eigenvalue weighted by atomic mass is 10.1. The molecule has 0 aliphatic heterocycles. The second kappa shape index (κ2) is 5.26. The number of esters is 1. The van der Waals surface area contributed by atoms with Gasteiger partial charge in [0.15, 0.2) is 0 Å². The van der Waals surface area contributed by atoms with E-state index < -0.39 is 16.8 Å². The van der Waals surface area contributed by atoms with Crippen LogP contribution in [0.4, 0.5) is 11.4 Å². The number of hydrogen-bond donors (Lipinski definition) is 1. The van der Waals surface area contributed by atoms with Crippen molar-refractivity contribution in [2.24, 2.45) is 0 Å². The monoisotopic (exact) mass is 252 g/mol. The van der Waals surface area contributed by atoms with Crippen molar-refractivity contribution in [1.29, 1.82) is 0 Å². The Hall–Kier alpha value is -2.44. The normalized spacial score (nSPS) is 9.72. The summed E-state index contributed by atoms with van der Waals surface area (Å²) in [7, 11) is 1.21. The molecule has 1 aromatic carbocycles. The van der Waals surface area contributed by atoms with Gasteiger partial charge < -0.3 is 10.1 Å². The van der Waals surface area contributed by atoms with Gasteiger partial charge in [0.1, 0.15) is 5.69 Å². The Morgan fingerprint density at radius 3 is 2.44 bits per heavy atom. The second-order valence-electron chi connectivity index (χ2n) is 3.62. The van der Waals surface area contributed by atoms with Crippen LogP contribution in [0.3, 0.4) is 0 Å². The molecule has 7 nitrogen and oxygen atoms in total. The molecule has 1 aromatic rings. The van der Waals surface area contributed by atoms with Gasteiger partial charge in [-0.15, -0.1) is 0 Å². The molecule has 0 fully saturated rings. The van der Waals surface area contributed by atoms with Gasteiger partial charge in [-0.1, -0.05) is 0 Å². The molecular formula is C11H12N2O5. The Labute approximate surface area is 103 Å². The average molecular weight is 252 g/mol. The van der Waals surface area contributed by atoms with Crippen LogP contribution in [0.25, 0.3) is 0 Å². The van der Waals surface area contributed by atoms with Gasteiger partial charge in [0, 0.05) is 12.5 Å². The molecule has 18 heavy (non-hydrogen) atoms. The fourth-order valence-electron chi connectivity index (χ4n) is 1.54. The van der Waals surface area contributed by atoms with Crippen molar-refractivity contribution >= 4 is 23.3 Å². The Morgan fingerprint density at radius 2 is 2.00 bits per heavy atom. The lowest BCUT2D eigenvalue weighted by Crippen LogP contribution is -2.11. The van der Waals surface area contributed by atoms with Crippen LogP contribution >= 0.6 is 0 Å².